The number of nitro groups is 1. The quantitative estimate of drug-likeness (QED) is 0.596. The van der Waals surface area contributed by atoms with Gasteiger partial charge in [0.15, 0.2) is 0 Å². The molecule has 0 spiro atoms. The summed E-state index contributed by atoms with van der Waals surface area (Å²) in [5.41, 5.74) is 1.69. The lowest BCUT2D eigenvalue weighted by molar-refractivity contribution is -0.536. The van der Waals surface area contributed by atoms with Crippen LogP contribution in [0.15, 0.2) is 24.3 Å². The first-order chi connectivity index (χ1) is 12.8. The van der Waals surface area contributed by atoms with Crippen LogP contribution in [0.1, 0.15) is 57.7 Å². The van der Waals surface area contributed by atoms with Crippen LogP contribution in [0.25, 0.3) is 0 Å². The topological polar surface area (TPSA) is 72.7 Å². The molecule has 0 aromatic heterocycles. The van der Waals surface area contributed by atoms with E-state index >= 15 is 0 Å². The van der Waals surface area contributed by atoms with Crippen molar-refractivity contribution in [1.82, 2.24) is 4.90 Å². The van der Waals surface area contributed by atoms with Gasteiger partial charge in [0.2, 0.25) is 6.04 Å². The Morgan fingerprint density at radius 1 is 1.33 bits per heavy atom. The van der Waals surface area contributed by atoms with Crippen molar-refractivity contribution in [3.63, 3.8) is 0 Å². The number of hydrogen-bond donors (Lipinski definition) is 0. The molecular weight excluding hydrogens is 344 g/mol. The molecule has 6 heteroatoms. The van der Waals surface area contributed by atoms with Gasteiger partial charge in [0.05, 0.1) is 5.92 Å². The van der Waals surface area contributed by atoms with Gasteiger partial charge in [-0.3, -0.25) is 14.9 Å². The molecule has 4 unspecified atom stereocenters. The fourth-order valence-electron chi connectivity index (χ4n) is 4.57. The molecule has 2 aliphatic heterocycles. The minimum atomic E-state index is -0.817. The number of ether oxygens (including phenoxy) is 1. The molecule has 1 aromatic rings. The Balaban J connectivity index is 2.08. The summed E-state index contributed by atoms with van der Waals surface area (Å²) in [4.78, 5) is 27.0. The number of benzene rings is 1. The lowest BCUT2D eigenvalue weighted by Gasteiger charge is -2.29. The molecule has 2 heterocycles. The van der Waals surface area contributed by atoms with Crippen molar-refractivity contribution in [3.8, 4) is 0 Å². The van der Waals surface area contributed by atoms with Gasteiger partial charge in [-0.1, -0.05) is 52.0 Å². The monoisotopic (exact) mass is 374 g/mol. The van der Waals surface area contributed by atoms with Crippen molar-refractivity contribution >= 4 is 5.91 Å². The highest BCUT2D eigenvalue weighted by Crippen LogP contribution is 2.46. The highest BCUT2D eigenvalue weighted by Gasteiger charge is 2.56. The zero-order chi connectivity index (χ0) is 19.8. The smallest absolute Gasteiger partial charge is 0.252 e. The third kappa shape index (κ3) is 3.72. The van der Waals surface area contributed by atoms with E-state index in [-0.39, 0.29) is 22.2 Å². The van der Waals surface area contributed by atoms with Crippen LogP contribution in [-0.4, -0.2) is 41.0 Å². The maximum absolute atomic E-state index is 13.2. The molecule has 4 atom stereocenters. The van der Waals surface area contributed by atoms with Crippen LogP contribution in [0.2, 0.25) is 0 Å². The second kappa shape index (κ2) is 7.58. The largest absolute Gasteiger partial charge is 0.368 e. The first-order valence-corrected chi connectivity index (χ1v) is 9.89. The average Bonchev–Trinajstić information content (AvgIpc) is 3.28. The van der Waals surface area contributed by atoms with Crippen molar-refractivity contribution in [2.24, 2.45) is 11.3 Å². The normalized spacial score (nSPS) is 28.5. The van der Waals surface area contributed by atoms with Crippen LogP contribution in [0.4, 0.5) is 0 Å². The van der Waals surface area contributed by atoms with Gasteiger partial charge in [-0.25, -0.2) is 0 Å². The molecule has 0 aliphatic carbocycles. The summed E-state index contributed by atoms with van der Waals surface area (Å²) >= 11 is 0. The molecule has 0 bridgehead atoms. The Bertz CT molecular complexity index is 706. The van der Waals surface area contributed by atoms with E-state index in [0.717, 1.165) is 24.0 Å². The van der Waals surface area contributed by atoms with Gasteiger partial charge in [0.25, 0.3) is 5.91 Å². The Morgan fingerprint density at radius 3 is 2.59 bits per heavy atom. The summed E-state index contributed by atoms with van der Waals surface area (Å²) in [5.74, 6) is -0.310. The van der Waals surface area contributed by atoms with E-state index in [9.17, 15) is 14.9 Å². The van der Waals surface area contributed by atoms with Crippen molar-refractivity contribution in [3.05, 3.63) is 45.5 Å². The highest BCUT2D eigenvalue weighted by molar-refractivity contribution is 5.82. The highest BCUT2D eigenvalue weighted by atomic mass is 16.6. The first-order valence-electron chi connectivity index (χ1n) is 9.89. The zero-order valence-electron chi connectivity index (χ0n) is 16.7. The van der Waals surface area contributed by atoms with Crippen molar-refractivity contribution in [1.29, 1.82) is 0 Å². The minimum absolute atomic E-state index is 0.0954. The van der Waals surface area contributed by atoms with E-state index in [0.29, 0.717) is 19.6 Å². The van der Waals surface area contributed by atoms with Gasteiger partial charge in [-0.2, -0.15) is 0 Å². The lowest BCUT2D eigenvalue weighted by atomic mass is 9.76. The molecule has 148 valence electrons. The number of rotatable bonds is 4. The van der Waals surface area contributed by atoms with E-state index in [2.05, 4.69) is 0 Å². The minimum Gasteiger partial charge on any atom is -0.368 e. The van der Waals surface area contributed by atoms with Crippen LogP contribution in [0, 0.1) is 21.4 Å². The molecule has 3 rings (SSSR count). The van der Waals surface area contributed by atoms with Crippen molar-refractivity contribution < 1.29 is 14.5 Å². The summed E-state index contributed by atoms with van der Waals surface area (Å²) in [5, 5.41) is 12.2. The van der Waals surface area contributed by atoms with Crippen LogP contribution in [0.5, 0.6) is 0 Å². The molecule has 2 aliphatic rings. The predicted octanol–water partition coefficient (Wildman–Crippen LogP) is 3.62. The van der Waals surface area contributed by atoms with Crippen LogP contribution < -0.4 is 0 Å². The molecule has 27 heavy (non-hydrogen) atoms. The summed E-state index contributed by atoms with van der Waals surface area (Å²) < 4.78 is 5.62. The fourth-order valence-corrected chi connectivity index (χ4v) is 4.57. The second-order valence-electron chi connectivity index (χ2n) is 8.74. The maximum atomic E-state index is 13.2. The molecule has 6 nitrogen and oxygen atoms in total. The third-order valence-corrected chi connectivity index (χ3v) is 6.06. The molecule has 1 amide bonds. The molecule has 2 saturated heterocycles. The molecule has 0 saturated carbocycles. The molecular formula is C21H30N2O4. The molecule has 2 fully saturated rings. The van der Waals surface area contributed by atoms with Crippen LogP contribution in [-0.2, 0) is 16.0 Å². The van der Waals surface area contributed by atoms with Gasteiger partial charge < -0.3 is 9.64 Å². The third-order valence-electron chi connectivity index (χ3n) is 6.06. The molecule has 0 radical (unpaired) electrons. The van der Waals surface area contributed by atoms with E-state index in [1.54, 1.807) is 4.90 Å². The standard InChI is InChI=1S/C21H30N2O4/c1-5-14-9-6-7-10-15(14)18-19(23(25)26)16(21(2,3)4)13-22(18)20(24)17-11-8-12-27-17/h6-7,9-10,16-19H,5,8,11-13H2,1-4H3. The van der Waals surface area contributed by atoms with Crippen LogP contribution in [0.3, 0.4) is 0 Å². The lowest BCUT2D eigenvalue weighted by Crippen LogP contribution is -2.41. The Kier molecular flexibility index (Phi) is 5.56. The summed E-state index contributed by atoms with van der Waals surface area (Å²) in [7, 11) is 0. The fraction of sp³-hybridized carbons (Fsp3) is 0.667. The molecule has 0 N–H and O–H groups in total. The summed E-state index contributed by atoms with van der Waals surface area (Å²) in [6.07, 6.45) is 1.87. The van der Waals surface area contributed by atoms with E-state index in [1.165, 1.54) is 0 Å². The number of carbonyl (C=O) groups excluding carboxylic acids is 1. The van der Waals surface area contributed by atoms with E-state index in [4.69, 9.17) is 4.74 Å². The number of aryl methyl sites for hydroxylation is 1. The average molecular weight is 374 g/mol. The Morgan fingerprint density at radius 2 is 2.04 bits per heavy atom. The summed E-state index contributed by atoms with van der Waals surface area (Å²) in [6, 6.07) is 6.45. The number of amides is 1. The van der Waals surface area contributed by atoms with Gasteiger partial charge in [-0.05, 0) is 35.8 Å². The number of carbonyl (C=O) groups is 1. The Hall–Kier alpha value is -1.95. The van der Waals surface area contributed by atoms with Gasteiger partial charge in [0, 0.05) is 18.1 Å². The Labute approximate surface area is 161 Å². The van der Waals surface area contributed by atoms with Gasteiger partial charge in [-0.15, -0.1) is 0 Å². The van der Waals surface area contributed by atoms with Gasteiger partial charge >= 0.3 is 0 Å². The van der Waals surface area contributed by atoms with Crippen molar-refractivity contribution in [2.75, 3.05) is 13.2 Å². The maximum Gasteiger partial charge on any atom is 0.252 e. The van der Waals surface area contributed by atoms with Crippen LogP contribution >= 0.6 is 0 Å². The zero-order valence-corrected chi connectivity index (χ0v) is 16.7. The van der Waals surface area contributed by atoms with Gasteiger partial charge in [0.1, 0.15) is 12.1 Å². The number of nitrogens with zero attached hydrogens (tertiary/aromatic N) is 2. The van der Waals surface area contributed by atoms with E-state index in [1.807, 2.05) is 52.0 Å². The predicted molar refractivity (Wildman–Crippen MR) is 103 cm³/mol. The number of likely N-dealkylation sites (tertiary alicyclic amines) is 1. The van der Waals surface area contributed by atoms with Crippen molar-refractivity contribution in [2.45, 2.75) is 65.1 Å². The summed E-state index contributed by atoms with van der Waals surface area (Å²) in [6.45, 7) is 9.10. The van der Waals surface area contributed by atoms with E-state index < -0.39 is 18.2 Å². The second-order valence-corrected chi connectivity index (χ2v) is 8.74. The first kappa shape index (κ1) is 19.8. The molecule has 1 aromatic carbocycles. The SMILES string of the molecule is CCc1ccccc1C1C([N+](=O)[O-])C(C(C)(C)C)CN1C(=O)C1CCCO1. The number of hydrogen-bond acceptors (Lipinski definition) is 4.